The molecule has 3 nitrogen and oxygen atoms in total. The molecule has 0 fully saturated rings. The predicted molar refractivity (Wildman–Crippen MR) is 72.1 cm³/mol. The summed E-state index contributed by atoms with van der Waals surface area (Å²) in [5, 5.41) is 9.15. The van der Waals surface area contributed by atoms with Gasteiger partial charge in [-0.15, -0.1) is 0 Å². The number of hydrogen-bond donors (Lipinski definition) is 1. The van der Waals surface area contributed by atoms with Crippen LogP contribution in [0.3, 0.4) is 0 Å². The van der Waals surface area contributed by atoms with Crippen LogP contribution in [0, 0.1) is 6.92 Å². The van der Waals surface area contributed by atoms with E-state index in [0.717, 1.165) is 17.8 Å². The zero-order valence-electron chi connectivity index (χ0n) is 10.7. The summed E-state index contributed by atoms with van der Waals surface area (Å²) in [5.74, 6) is 0. The van der Waals surface area contributed by atoms with Gasteiger partial charge in [0, 0.05) is 29.2 Å². The summed E-state index contributed by atoms with van der Waals surface area (Å²) in [5.41, 5.74) is 3.44. The summed E-state index contributed by atoms with van der Waals surface area (Å²) in [7, 11) is 0. The van der Waals surface area contributed by atoms with E-state index in [2.05, 4.69) is 19.1 Å². The predicted octanol–water partition coefficient (Wildman–Crippen LogP) is 2.20. The van der Waals surface area contributed by atoms with Gasteiger partial charge in [-0.3, -0.25) is 4.79 Å². The van der Waals surface area contributed by atoms with Crippen LogP contribution >= 0.6 is 0 Å². The Morgan fingerprint density at radius 1 is 1.22 bits per heavy atom. The Hall–Kier alpha value is -1.87. The Labute approximate surface area is 106 Å². The SMILES string of the molecule is CCc1ccc(-n2cc(CO)c(=O)cc2C)cc1. The Morgan fingerprint density at radius 3 is 2.44 bits per heavy atom. The van der Waals surface area contributed by atoms with Gasteiger partial charge in [-0.05, 0) is 31.0 Å². The van der Waals surface area contributed by atoms with E-state index in [1.165, 1.54) is 5.56 Å². The molecule has 18 heavy (non-hydrogen) atoms. The normalized spacial score (nSPS) is 10.6. The molecule has 0 unspecified atom stereocenters. The van der Waals surface area contributed by atoms with Crippen LogP contribution in [0.1, 0.15) is 23.7 Å². The van der Waals surface area contributed by atoms with Gasteiger partial charge in [0.15, 0.2) is 5.43 Å². The van der Waals surface area contributed by atoms with Gasteiger partial charge in [0.2, 0.25) is 0 Å². The Balaban J connectivity index is 2.52. The first-order valence-electron chi connectivity index (χ1n) is 6.08. The fourth-order valence-electron chi connectivity index (χ4n) is 1.96. The molecule has 0 atom stereocenters. The van der Waals surface area contributed by atoms with Crippen LogP contribution < -0.4 is 5.43 Å². The minimum absolute atomic E-state index is 0.114. The van der Waals surface area contributed by atoms with Gasteiger partial charge in [-0.2, -0.15) is 0 Å². The summed E-state index contributed by atoms with van der Waals surface area (Å²) < 4.78 is 1.92. The van der Waals surface area contributed by atoms with Crippen molar-refractivity contribution in [2.45, 2.75) is 26.9 Å². The molecule has 0 spiro atoms. The summed E-state index contributed by atoms with van der Waals surface area (Å²) in [4.78, 5) is 11.6. The zero-order valence-corrected chi connectivity index (χ0v) is 10.7. The molecule has 94 valence electrons. The van der Waals surface area contributed by atoms with Crippen LogP contribution in [0.5, 0.6) is 0 Å². The molecule has 0 saturated heterocycles. The van der Waals surface area contributed by atoms with Gasteiger partial charge in [0.1, 0.15) is 0 Å². The first-order valence-corrected chi connectivity index (χ1v) is 6.08. The Bertz CT molecular complexity index is 597. The van der Waals surface area contributed by atoms with Crippen molar-refractivity contribution in [2.75, 3.05) is 0 Å². The van der Waals surface area contributed by atoms with Crippen molar-refractivity contribution in [3.63, 3.8) is 0 Å². The molecule has 1 N–H and O–H groups in total. The van der Waals surface area contributed by atoms with Crippen molar-refractivity contribution in [1.29, 1.82) is 0 Å². The van der Waals surface area contributed by atoms with Gasteiger partial charge in [0.25, 0.3) is 0 Å². The number of pyridine rings is 1. The quantitative estimate of drug-likeness (QED) is 0.898. The molecule has 0 saturated carbocycles. The van der Waals surface area contributed by atoms with Crippen LogP contribution in [-0.2, 0) is 13.0 Å². The highest BCUT2D eigenvalue weighted by Crippen LogP contribution is 2.13. The summed E-state index contributed by atoms with van der Waals surface area (Å²) in [6.07, 6.45) is 2.71. The molecule has 3 heteroatoms. The lowest BCUT2D eigenvalue weighted by atomic mass is 10.1. The molecule has 0 radical (unpaired) electrons. The maximum absolute atomic E-state index is 11.6. The van der Waals surface area contributed by atoms with Crippen molar-refractivity contribution in [1.82, 2.24) is 4.57 Å². The molecule has 0 amide bonds. The minimum atomic E-state index is -0.230. The van der Waals surface area contributed by atoms with Crippen molar-refractivity contribution >= 4 is 0 Å². The van der Waals surface area contributed by atoms with Gasteiger partial charge >= 0.3 is 0 Å². The van der Waals surface area contributed by atoms with Gasteiger partial charge in [0.05, 0.1) is 6.61 Å². The first-order chi connectivity index (χ1) is 8.65. The van der Waals surface area contributed by atoms with Gasteiger partial charge in [-0.25, -0.2) is 0 Å². The van der Waals surface area contributed by atoms with E-state index in [-0.39, 0.29) is 12.0 Å². The number of benzene rings is 1. The summed E-state index contributed by atoms with van der Waals surface area (Å²) in [6.45, 7) is 3.77. The van der Waals surface area contributed by atoms with E-state index >= 15 is 0 Å². The number of aryl methyl sites for hydroxylation is 2. The minimum Gasteiger partial charge on any atom is -0.391 e. The lowest BCUT2D eigenvalue weighted by Gasteiger charge is -2.12. The van der Waals surface area contributed by atoms with Gasteiger partial charge < -0.3 is 9.67 Å². The third kappa shape index (κ3) is 2.36. The van der Waals surface area contributed by atoms with Crippen LogP contribution in [0.4, 0.5) is 0 Å². The molecule has 0 aliphatic rings. The highest BCUT2D eigenvalue weighted by Gasteiger charge is 2.04. The van der Waals surface area contributed by atoms with Crippen LogP contribution in [-0.4, -0.2) is 9.67 Å². The fraction of sp³-hybridized carbons (Fsp3) is 0.267. The maximum atomic E-state index is 11.6. The lowest BCUT2D eigenvalue weighted by molar-refractivity contribution is 0.280. The molecule has 2 aromatic rings. The number of aromatic nitrogens is 1. The fourth-order valence-corrected chi connectivity index (χ4v) is 1.96. The van der Waals surface area contributed by atoms with E-state index in [4.69, 9.17) is 5.11 Å². The van der Waals surface area contributed by atoms with Crippen LogP contribution in [0.2, 0.25) is 0 Å². The third-order valence-corrected chi connectivity index (χ3v) is 3.11. The summed E-state index contributed by atoms with van der Waals surface area (Å²) >= 11 is 0. The Morgan fingerprint density at radius 2 is 1.89 bits per heavy atom. The number of aliphatic hydroxyl groups is 1. The maximum Gasteiger partial charge on any atom is 0.187 e. The topological polar surface area (TPSA) is 42.2 Å². The van der Waals surface area contributed by atoms with E-state index in [0.29, 0.717) is 5.56 Å². The standard InChI is InChI=1S/C15H17NO2/c1-3-12-4-6-14(7-5-12)16-9-13(10-17)15(18)8-11(16)2/h4-9,17H,3,10H2,1-2H3. The van der Waals surface area contributed by atoms with Crippen LogP contribution in [0.25, 0.3) is 5.69 Å². The third-order valence-electron chi connectivity index (χ3n) is 3.11. The largest absolute Gasteiger partial charge is 0.391 e. The second kappa shape index (κ2) is 5.19. The van der Waals surface area contributed by atoms with Crippen molar-refractivity contribution < 1.29 is 5.11 Å². The van der Waals surface area contributed by atoms with E-state index in [1.807, 2.05) is 23.6 Å². The van der Waals surface area contributed by atoms with Crippen molar-refractivity contribution in [2.24, 2.45) is 0 Å². The number of nitrogens with zero attached hydrogens (tertiary/aromatic N) is 1. The lowest BCUT2D eigenvalue weighted by Crippen LogP contribution is -2.14. The molecule has 0 aliphatic carbocycles. The molecule has 0 bridgehead atoms. The molecule has 0 aliphatic heterocycles. The van der Waals surface area contributed by atoms with Crippen LogP contribution in [0.15, 0.2) is 41.3 Å². The highest BCUT2D eigenvalue weighted by molar-refractivity contribution is 5.37. The average Bonchev–Trinajstić information content (AvgIpc) is 2.39. The number of rotatable bonds is 3. The zero-order chi connectivity index (χ0) is 13.1. The molecule has 1 heterocycles. The average molecular weight is 243 g/mol. The van der Waals surface area contributed by atoms with E-state index < -0.39 is 0 Å². The number of aliphatic hydroxyl groups excluding tert-OH is 1. The number of hydrogen-bond acceptors (Lipinski definition) is 2. The molecular weight excluding hydrogens is 226 g/mol. The second-order valence-electron chi connectivity index (χ2n) is 4.35. The molecule has 1 aromatic carbocycles. The van der Waals surface area contributed by atoms with Gasteiger partial charge in [-0.1, -0.05) is 19.1 Å². The van der Waals surface area contributed by atoms with E-state index in [9.17, 15) is 4.79 Å². The smallest absolute Gasteiger partial charge is 0.187 e. The molecule has 1 aromatic heterocycles. The molecule has 2 rings (SSSR count). The second-order valence-corrected chi connectivity index (χ2v) is 4.35. The highest BCUT2D eigenvalue weighted by atomic mass is 16.3. The molecular formula is C15H17NO2. The first kappa shape index (κ1) is 12.6. The van der Waals surface area contributed by atoms with Crippen molar-refractivity contribution in [3.8, 4) is 5.69 Å². The summed E-state index contributed by atoms with van der Waals surface area (Å²) in [6, 6.07) is 9.76. The Kier molecular flexibility index (Phi) is 3.63. The monoisotopic (exact) mass is 243 g/mol. The van der Waals surface area contributed by atoms with Crippen molar-refractivity contribution in [3.05, 3.63) is 63.6 Å². The van der Waals surface area contributed by atoms with E-state index in [1.54, 1.807) is 12.3 Å².